The van der Waals surface area contributed by atoms with Crippen molar-refractivity contribution in [2.45, 2.75) is 51.8 Å². The number of carbonyl (C=O) groups excluding carboxylic acids is 1. The quantitative estimate of drug-likeness (QED) is 0.904. The van der Waals surface area contributed by atoms with E-state index in [1.54, 1.807) is 4.52 Å². The van der Waals surface area contributed by atoms with Gasteiger partial charge in [0.1, 0.15) is 17.7 Å². The molecule has 2 aromatic heterocycles. The molecule has 0 radical (unpaired) electrons. The number of aromatic nitrogens is 4. The molecule has 1 amide bonds. The molecule has 1 aliphatic carbocycles. The minimum Gasteiger partial charge on any atom is -0.444 e. The third-order valence-electron chi connectivity index (χ3n) is 4.62. The summed E-state index contributed by atoms with van der Waals surface area (Å²) in [5, 5.41) is 7.75. The maximum absolute atomic E-state index is 12.4. The summed E-state index contributed by atoms with van der Waals surface area (Å²) < 4.78 is 7.21. The molecule has 0 unspecified atom stereocenters. The van der Waals surface area contributed by atoms with Gasteiger partial charge in [0, 0.05) is 24.2 Å². The van der Waals surface area contributed by atoms with E-state index in [9.17, 15) is 4.79 Å². The van der Waals surface area contributed by atoms with Gasteiger partial charge in [-0.2, -0.15) is 14.6 Å². The van der Waals surface area contributed by atoms with Gasteiger partial charge < -0.3 is 15.0 Å². The highest BCUT2D eigenvalue weighted by molar-refractivity contribution is 5.70. The fourth-order valence-corrected chi connectivity index (χ4v) is 3.57. The molecule has 5 rings (SSSR count). The minimum absolute atomic E-state index is 0.164. The van der Waals surface area contributed by atoms with E-state index in [1.807, 2.05) is 38.7 Å². The number of fused-ring (bicyclic) bond motifs is 2. The molecule has 2 aromatic rings. The molecule has 3 atom stereocenters. The van der Waals surface area contributed by atoms with Crippen molar-refractivity contribution in [3.05, 3.63) is 18.1 Å². The largest absolute Gasteiger partial charge is 0.444 e. The van der Waals surface area contributed by atoms with Crippen molar-refractivity contribution in [1.82, 2.24) is 24.5 Å². The Hall–Kier alpha value is -2.38. The monoisotopic (exact) mass is 330 g/mol. The van der Waals surface area contributed by atoms with Gasteiger partial charge in [0.25, 0.3) is 5.78 Å². The predicted molar refractivity (Wildman–Crippen MR) is 87.8 cm³/mol. The molecule has 3 fully saturated rings. The highest BCUT2D eigenvalue weighted by Gasteiger charge is 2.54. The van der Waals surface area contributed by atoms with Crippen molar-refractivity contribution in [1.29, 1.82) is 0 Å². The minimum atomic E-state index is -0.470. The Kier molecular flexibility index (Phi) is 3.20. The van der Waals surface area contributed by atoms with Crippen LogP contribution in [-0.2, 0) is 4.74 Å². The van der Waals surface area contributed by atoms with Crippen molar-refractivity contribution < 1.29 is 9.53 Å². The SMILES string of the molecule is Cc1cc(N[C@H]2[C@H]3C[C@H]2N(C(=O)OC(C)(C)C)C3)n2ncnc2n1. The van der Waals surface area contributed by atoms with Gasteiger partial charge >= 0.3 is 6.09 Å². The number of carbonyl (C=O) groups is 1. The lowest BCUT2D eigenvalue weighted by Gasteiger charge is -2.37. The van der Waals surface area contributed by atoms with Crippen LogP contribution in [0.5, 0.6) is 0 Å². The Balaban J connectivity index is 1.51. The highest BCUT2D eigenvalue weighted by Crippen LogP contribution is 2.43. The Bertz CT molecular complexity index is 795. The van der Waals surface area contributed by atoms with Gasteiger partial charge in [-0.3, -0.25) is 0 Å². The van der Waals surface area contributed by atoms with Crippen molar-refractivity contribution >= 4 is 17.7 Å². The second-order valence-electron chi connectivity index (χ2n) is 7.62. The molecule has 1 saturated carbocycles. The zero-order valence-corrected chi connectivity index (χ0v) is 14.4. The first-order valence-corrected chi connectivity index (χ1v) is 8.25. The first kappa shape index (κ1) is 15.2. The number of nitrogens with one attached hydrogen (secondary N) is 1. The van der Waals surface area contributed by atoms with Gasteiger partial charge in [0.05, 0.1) is 12.1 Å². The van der Waals surface area contributed by atoms with E-state index in [0.717, 1.165) is 24.5 Å². The zero-order chi connectivity index (χ0) is 17.1. The molecule has 2 aliphatic heterocycles. The third kappa shape index (κ3) is 2.46. The predicted octanol–water partition coefficient (Wildman–Crippen LogP) is 1.85. The molecule has 2 saturated heterocycles. The second-order valence-corrected chi connectivity index (χ2v) is 7.62. The average molecular weight is 330 g/mol. The molecule has 24 heavy (non-hydrogen) atoms. The van der Waals surface area contributed by atoms with Crippen LogP contribution in [0.3, 0.4) is 0 Å². The number of ether oxygens (including phenoxy) is 1. The molecule has 8 heteroatoms. The second kappa shape index (κ2) is 5.06. The molecule has 1 N–H and O–H groups in total. The van der Waals surface area contributed by atoms with Crippen LogP contribution in [0.1, 0.15) is 32.9 Å². The number of nitrogens with zero attached hydrogens (tertiary/aromatic N) is 5. The molecule has 8 nitrogen and oxygen atoms in total. The van der Waals surface area contributed by atoms with Crippen LogP contribution in [-0.4, -0.2) is 54.8 Å². The summed E-state index contributed by atoms with van der Waals surface area (Å²) in [6, 6.07) is 2.33. The first-order chi connectivity index (χ1) is 11.3. The fraction of sp³-hybridized carbons (Fsp3) is 0.625. The summed E-state index contributed by atoms with van der Waals surface area (Å²) in [5.74, 6) is 1.88. The lowest BCUT2D eigenvalue weighted by atomic mass is 9.80. The molecule has 3 aliphatic rings. The van der Waals surface area contributed by atoms with E-state index in [0.29, 0.717) is 11.7 Å². The van der Waals surface area contributed by atoms with E-state index in [2.05, 4.69) is 20.4 Å². The molecular weight excluding hydrogens is 308 g/mol. The van der Waals surface area contributed by atoms with E-state index in [4.69, 9.17) is 4.74 Å². The summed E-state index contributed by atoms with van der Waals surface area (Å²) in [6.45, 7) is 8.34. The third-order valence-corrected chi connectivity index (χ3v) is 4.62. The van der Waals surface area contributed by atoms with Gasteiger partial charge in [-0.25, -0.2) is 9.78 Å². The maximum Gasteiger partial charge on any atom is 0.410 e. The molecule has 0 aromatic carbocycles. The van der Waals surface area contributed by atoms with Gasteiger partial charge in [-0.15, -0.1) is 0 Å². The van der Waals surface area contributed by atoms with Crippen LogP contribution < -0.4 is 5.32 Å². The number of aryl methyl sites for hydroxylation is 1. The van der Waals surface area contributed by atoms with E-state index >= 15 is 0 Å². The van der Waals surface area contributed by atoms with Crippen LogP contribution in [0.2, 0.25) is 0 Å². The summed E-state index contributed by atoms with van der Waals surface area (Å²) in [4.78, 5) is 22.7. The Morgan fingerprint density at radius 3 is 2.96 bits per heavy atom. The summed E-state index contributed by atoms with van der Waals surface area (Å²) in [5.41, 5.74) is 0.413. The zero-order valence-electron chi connectivity index (χ0n) is 14.4. The molecule has 128 valence electrons. The molecule has 4 heterocycles. The summed E-state index contributed by atoms with van der Waals surface area (Å²) in [7, 11) is 0. The summed E-state index contributed by atoms with van der Waals surface area (Å²) >= 11 is 0. The number of anilines is 1. The summed E-state index contributed by atoms with van der Waals surface area (Å²) in [6.07, 6.45) is 2.28. The lowest BCUT2D eigenvalue weighted by Crippen LogP contribution is -2.50. The molecule has 2 bridgehead atoms. The van der Waals surface area contributed by atoms with Gasteiger partial charge in [0.2, 0.25) is 0 Å². The standard InChI is InChI=1S/C16H22N6O2/c1-9-5-12(22-14(19-9)17-8-18-22)20-13-10-6-11(13)21(7-10)15(23)24-16(2,3)4/h5,8,10-11,13,20H,6-7H2,1-4H3/t10-,11+,13-/m0/s1. The van der Waals surface area contributed by atoms with Crippen molar-refractivity contribution in [2.75, 3.05) is 11.9 Å². The normalized spacial score (nSPS) is 25.7. The van der Waals surface area contributed by atoms with E-state index in [-0.39, 0.29) is 18.2 Å². The molecular formula is C16H22N6O2. The molecule has 0 spiro atoms. The maximum atomic E-state index is 12.4. The number of hydrogen-bond acceptors (Lipinski definition) is 6. The average Bonchev–Trinajstić information content (AvgIpc) is 3.15. The first-order valence-electron chi connectivity index (χ1n) is 8.25. The highest BCUT2D eigenvalue weighted by atomic mass is 16.6. The Morgan fingerprint density at radius 2 is 2.21 bits per heavy atom. The van der Waals surface area contributed by atoms with E-state index in [1.165, 1.54) is 6.33 Å². The number of amides is 1. The number of rotatable bonds is 2. The van der Waals surface area contributed by atoms with Crippen LogP contribution >= 0.6 is 0 Å². The topological polar surface area (TPSA) is 84.7 Å². The number of hydrogen-bond donors (Lipinski definition) is 1. The van der Waals surface area contributed by atoms with Gasteiger partial charge in [-0.1, -0.05) is 0 Å². The van der Waals surface area contributed by atoms with E-state index < -0.39 is 5.60 Å². The van der Waals surface area contributed by atoms with Crippen LogP contribution in [0.4, 0.5) is 10.6 Å². The van der Waals surface area contributed by atoms with Crippen molar-refractivity contribution in [3.8, 4) is 0 Å². The van der Waals surface area contributed by atoms with Crippen LogP contribution in [0.15, 0.2) is 12.4 Å². The van der Waals surface area contributed by atoms with Crippen LogP contribution in [0, 0.1) is 12.8 Å². The Labute approximate surface area is 140 Å². The van der Waals surface area contributed by atoms with Gasteiger partial charge in [0.15, 0.2) is 0 Å². The smallest absolute Gasteiger partial charge is 0.410 e. The fourth-order valence-electron chi connectivity index (χ4n) is 3.57. The Morgan fingerprint density at radius 1 is 1.42 bits per heavy atom. The van der Waals surface area contributed by atoms with Crippen molar-refractivity contribution in [2.24, 2.45) is 5.92 Å². The van der Waals surface area contributed by atoms with Crippen molar-refractivity contribution in [3.63, 3.8) is 0 Å². The lowest BCUT2D eigenvalue weighted by molar-refractivity contribution is 0.0239. The van der Waals surface area contributed by atoms with Gasteiger partial charge in [-0.05, 0) is 34.1 Å². The van der Waals surface area contributed by atoms with Crippen LogP contribution in [0.25, 0.3) is 5.78 Å².